The molecule has 182 valence electrons. The first kappa shape index (κ1) is 26.8. The summed E-state index contributed by atoms with van der Waals surface area (Å²) in [5.74, 6) is 7.82. The SMILES string of the molecule is CB(OCCN(C)C)c1ccc(Oc2ccc(B(OCCN(C)C)C3=CC=CC#CC3)cc2)cc1. The molecular weight excluding hydrogens is 434 g/mol. The van der Waals surface area contributed by atoms with Gasteiger partial charge in [0.2, 0.25) is 0 Å². The Kier molecular flexibility index (Phi) is 10.7. The van der Waals surface area contributed by atoms with Crippen LogP contribution in [-0.4, -0.2) is 78.1 Å². The fourth-order valence-electron chi connectivity index (χ4n) is 3.60. The molecule has 0 unspecified atom stereocenters. The van der Waals surface area contributed by atoms with E-state index in [1.54, 1.807) is 0 Å². The van der Waals surface area contributed by atoms with E-state index in [-0.39, 0.29) is 13.8 Å². The van der Waals surface area contributed by atoms with Crippen molar-refractivity contribution in [3.8, 4) is 23.3 Å². The van der Waals surface area contributed by atoms with E-state index in [2.05, 4.69) is 72.9 Å². The van der Waals surface area contributed by atoms with Gasteiger partial charge in [-0.1, -0.05) is 60.6 Å². The highest BCUT2D eigenvalue weighted by molar-refractivity contribution is 6.74. The van der Waals surface area contributed by atoms with Crippen molar-refractivity contribution in [3.05, 3.63) is 72.2 Å². The molecule has 0 bridgehead atoms. The molecule has 1 aliphatic carbocycles. The van der Waals surface area contributed by atoms with Crippen molar-refractivity contribution in [1.82, 2.24) is 9.80 Å². The van der Waals surface area contributed by atoms with Gasteiger partial charge in [-0.05, 0) is 69.5 Å². The minimum absolute atomic E-state index is 0.0468. The maximum Gasteiger partial charge on any atom is 0.358 e. The zero-order chi connectivity index (χ0) is 25.0. The molecule has 0 saturated heterocycles. The summed E-state index contributed by atoms with van der Waals surface area (Å²) in [7, 11) is 8.20. The van der Waals surface area contributed by atoms with Gasteiger partial charge < -0.3 is 23.8 Å². The number of likely N-dealkylation sites (N-methyl/N-ethyl adjacent to an activating group) is 2. The molecule has 0 aliphatic heterocycles. The summed E-state index contributed by atoms with van der Waals surface area (Å²) < 4.78 is 18.3. The summed E-state index contributed by atoms with van der Waals surface area (Å²) in [5.41, 5.74) is 3.40. The van der Waals surface area contributed by atoms with Gasteiger partial charge in [0.25, 0.3) is 0 Å². The minimum atomic E-state index is -0.130. The Morgan fingerprint density at radius 2 is 1.37 bits per heavy atom. The van der Waals surface area contributed by atoms with Gasteiger partial charge in [-0.2, -0.15) is 0 Å². The Morgan fingerprint density at radius 1 is 0.800 bits per heavy atom. The van der Waals surface area contributed by atoms with Crippen LogP contribution in [0, 0.1) is 11.8 Å². The monoisotopic (exact) mass is 470 g/mol. The van der Waals surface area contributed by atoms with E-state index in [1.807, 2.05) is 50.5 Å². The molecule has 0 spiro atoms. The maximum absolute atomic E-state index is 6.30. The van der Waals surface area contributed by atoms with Crippen molar-refractivity contribution in [2.24, 2.45) is 0 Å². The average molecular weight is 470 g/mol. The second-order valence-electron chi connectivity index (χ2n) is 9.21. The molecule has 0 fully saturated rings. The third kappa shape index (κ3) is 9.08. The third-order valence-corrected chi connectivity index (χ3v) is 5.72. The van der Waals surface area contributed by atoms with E-state index < -0.39 is 0 Å². The molecule has 2 aromatic rings. The van der Waals surface area contributed by atoms with Gasteiger partial charge in [-0.25, -0.2) is 0 Å². The largest absolute Gasteiger partial charge is 0.457 e. The van der Waals surface area contributed by atoms with Crippen molar-refractivity contribution in [1.29, 1.82) is 0 Å². The molecule has 0 radical (unpaired) electrons. The van der Waals surface area contributed by atoms with Crippen LogP contribution in [0.3, 0.4) is 0 Å². The quantitative estimate of drug-likeness (QED) is 0.332. The molecule has 0 amide bonds. The van der Waals surface area contributed by atoms with Crippen LogP contribution >= 0.6 is 0 Å². The number of rotatable bonds is 13. The highest BCUT2D eigenvalue weighted by Gasteiger charge is 2.23. The van der Waals surface area contributed by atoms with Crippen LogP contribution < -0.4 is 15.7 Å². The molecular formula is C28H36B2N2O3. The van der Waals surface area contributed by atoms with Crippen molar-refractivity contribution < 1.29 is 14.0 Å². The zero-order valence-corrected chi connectivity index (χ0v) is 21.7. The molecule has 0 aromatic heterocycles. The van der Waals surface area contributed by atoms with E-state index >= 15 is 0 Å². The van der Waals surface area contributed by atoms with Crippen LogP contribution in [0.5, 0.6) is 11.5 Å². The number of benzene rings is 2. The van der Waals surface area contributed by atoms with Crippen LogP contribution in [0.25, 0.3) is 0 Å². The summed E-state index contributed by atoms with van der Waals surface area (Å²) in [6.45, 7) is 5.12. The molecule has 1 aliphatic rings. The fourth-order valence-corrected chi connectivity index (χ4v) is 3.60. The van der Waals surface area contributed by atoms with E-state index in [9.17, 15) is 0 Å². The summed E-state index contributed by atoms with van der Waals surface area (Å²) in [6.07, 6.45) is 6.67. The summed E-state index contributed by atoms with van der Waals surface area (Å²) in [6, 6.07) is 16.3. The lowest BCUT2D eigenvalue weighted by molar-refractivity contribution is 0.267. The number of hydrogen-bond donors (Lipinski definition) is 0. The molecule has 35 heavy (non-hydrogen) atoms. The smallest absolute Gasteiger partial charge is 0.358 e. The molecule has 2 aromatic carbocycles. The second-order valence-corrected chi connectivity index (χ2v) is 9.21. The lowest BCUT2D eigenvalue weighted by atomic mass is 9.53. The number of hydrogen-bond acceptors (Lipinski definition) is 5. The van der Waals surface area contributed by atoms with Crippen LogP contribution in [0.15, 0.2) is 72.2 Å². The molecule has 0 heterocycles. The molecule has 0 saturated carbocycles. The Hall–Kier alpha value is -2.75. The predicted octanol–water partition coefficient (Wildman–Crippen LogP) is 3.09. The third-order valence-electron chi connectivity index (χ3n) is 5.72. The Bertz CT molecular complexity index is 1040. The summed E-state index contributed by atoms with van der Waals surface area (Å²) in [4.78, 5) is 4.24. The number of allylic oxidation sites excluding steroid dienone is 4. The second kappa shape index (κ2) is 14.0. The number of ether oxygens (including phenoxy) is 1. The van der Waals surface area contributed by atoms with Crippen LogP contribution in [-0.2, 0) is 9.31 Å². The first-order valence-corrected chi connectivity index (χ1v) is 12.2. The molecule has 7 heteroatoms. The maximum atomic E-state index is 6.30. The van der Waals surface area contributed by atoms with E-state index in [1.165, 1.54) is 0 Å². The van der Waals surface area contributed by atoms with Crippen LogP contribution in [0.1, 0.15) is 6.42 Å². The lowest BCUT2D eigenvalue weighted by Gasteiger charge is -2.19. The van der Waals surface area contributed by atoms with Gasteiger partial charge in [0.05, 0.1) is 0 Å². The molecule has 3 rings (SSSR count). The van der Waals surface area contributed by atoms with Crippen LogP contribution in [0.2, 0.25) is 6.82 Å². The normalized spacial score (nSPS) is 12.7. The summed E-state index contributed by atoms with van der Waals surface area (Å²) >= 11 is 0. The molecule has 0 atom stereocenters. The first-order valence-electron chi connectivity index (χ1n) is 12.2. The Labute approximate surface area is 212 Å². The van der Waals surface area contributed by atoms with E-state index in [4.69, 9.17) is 14.0 Å². The van der Waals surface area contributed by atoms with Gasteiger partial charge >= 0.3 is 13.8 Å². The van der Waals surface area contributed by atoms with Gasteiger partial charge in [0.15, 0.2) is 0 Å². The van der Waals surface area contributed by atoms with Crippen molar-refractivity contribution >= 4 is 24.8 Å². The zero-order valence-electron chi connectivity index (χ0n) is 21.7. The van der Waals surface area contributed by atoms with Gasteiger partial charge in [-0.15, -0.1) is 0 Å². The summed E-state index contributed by atoms with van der Waals surface area (Å²) in [5, 5.41) is 0. The van der Waals surface area contributed by atoms with E-state index in [0.29, 0.717) is 19.6 Å². The van der Waals surface area contributed by atoms with Gasteiger partial charge in [0.1, 0.15) is 11.5 Å². The minimum Gasteiger partial charge on any atom is -0.457 e. The molecule has 5 nitrogen and oxygen atoms in total. The van der Waals surface area contributed by atoms with Crippen molar-refractivity contribution in [2.75, 3.05) is 54.5 Å². The van der Waals surface area contributed by atoms with E-state index in [0.717, 1.165) is 41.0 Å². The van der Waals surface area contributed by atoms with Crippen molar-refractivity contribution in [3.63, 3.8) is 0 Å². The topological polar surface area (TPSA) is 34.2 Å². The Balaban J connectivity index is 1.63. The standard InChI is InChI=1S/C28H36B2N2O3/c1-29(33-22-20-31(2)3)24-12-16-27(17-13-24)35-28-18-14-26(15-19-28)30(34-23-21-32(4)5)25-10-8-6-7-9-11-25/h6,8,10,12-19H,11,20-23H2,1-5H3. The van der Waals surface area contributed by atoms with Crippen LogP contribution in [0.4, 0.5) is 0 Å². The number of nitrogens with zero attached hydrogens (tertiary/aromatic N) is 2. The highest BCUT2D eigenvalue weighted by Crippen LogP contribution is 2.20. The van der Waals surface area contributed by atoms with Gasteiger partial charge in [0, 0.05) is 32.7 Å². The Morgan fingerprint density at radius 3 is 1.97 bits per heavy atom. The highest BCUT2D eigenvalue weighted by atomic mass is 16.5. The van der Waals surface area contributed by atoms with Gasteiger partial charge in [-0.3, -0.25) is 0 Å². The fraction of sp³-hybridized carbons (Fsp3) is 0.357. The average Bonchev–Trinajstić information content (AvgIpc) is 3.12. The predicted molar refractivity (Wildman–Crippen MR) is 148 cm³/mol. The van der Waals surface area contributed by atoms with Crippen molar-refractivity contribution in [2.45, 2.75) is 13.2 Å². The lowest BCUT2D eigenvalue weighted by Crippen LogP contribution is -2.38. The molecule has 0 N–H and O–H groups in total. The first-order chi connectivity index (χ1) is 16.9.